The number of piperidine rings is 1. The summed E-state index contributed by atoms with van der Waals surface area (Å²) in [5.41, 5.74) is 9.20. The topological polar surface area (TPSA) is 343 Å². The molecule has 25 heteroatoms. The fourth-order valence-corrected chi connectivity index (χ4v) is 11.7. The third-order valence-corrected chi connectivity index (χ3v) is 17.4. The largest absolute Gasteiger partial charge is 0.493 e. The molecule has 472 valence electrons. The molecule has 1 heterocycles. The van der Waals surface area contributed by atoms with Crippen LogP contribution >= 0.6 is 0 Å². The lowest BCUT2D eigenvalue weighted by Gasteiger charge is -2.31. The summed E-state index contributed by atoms with van der Waals surface area (Å²) in [5, 5.41) is 26.2. The monoisotopic (exact) mass is 1270 g/mol. The maximum atomic E-state index is 14.0. The van der Waals surface area contributed by atoms with E-state index in [0.29, 0.717) is 72.3 Å². The Kier molecular flexibility index (Phi) is 20.5. The summed E-state index contributed by atoms with van der Waals surface area (Å²) in [7, 11) is -6.40. The van der Waals surface area contributed by atoms with Crippen molar-refractivity contribution >= 4 is 105 Å². The minimum absolute atomic E-state index is 0.0233. The number of methoxy groups -OCH3 is 2. The van der Waals surface area contributed by atoms with Crippen LogP contribution in [0, 0.1) is 5.41 Å². The van der Waals surface area contributed by atoms with Gasteiger partial charge in [-0.15, -0.1) is 10.2 Å². The highest BCUT2D eigenvalue weighted by Gasteiger charge is 2.39. The second-order valence-electron chi connectivity index (χ2n) is 22.1. The van der Waals surface area contributed by atoms with Crippen LogP contribution in [-0.2, 0) is 55.4 Å². The predicted octanol–water partition coefficient (Wildman–Crippen LogP) is 12.0. The molecule has 0 aliphatic carbocycles. The summed E-state index contributed by atoms with van der Waals surface area (Å²) in [6.07, 6.45) is 1.63. The smallest absolute Gasteiger partial charge is 0.323 e. The number of nitrogens with one attached hydrogen (secondary N) is 3. The van der Waals surface area contributed by atoms with Gasteiger partial charge in [0.15, 0.2) is 18.1 Å². The molecule has 1 saturated heterocycles. The summed E-state index contributed by atoms with van der Waals surface area (Å²) in [5.74, 6) is -1.82. The number of Topliss-reactive ketones (excluding diaryl/α,β-unsaturated/α-hetero) is 2. The third kappa shape index (κ3) is 16.0. The van der Waals surface area contributed by atoms with Crippen molar-refractivity contribution in [3.63, 3.8) is 0 Å². The lowest BCUT2D eigenvalue weighted by Crippen LogP contribution is -2.54. The highest BCUT2D eigenvalue weighted by Crippen LogP contribution is 2.41. The Labute approximate surface area is 525 Å². The Morgan fingerprint density at radius 2 is 1.23 bits per heavy atom. The van der Waals surface area contributed by atoms with Crippen molar-refractivity contribution in [1.29, 1.82) is 0 Å². The van der Waals surface area contributed by atoms with Crippen LogP contribution in [0.4, 0.5) is 34.1 Å². The minimum atomic E-state index is -4.84. The number of ether oxygens (including phenoxy) is 4. The first-order chi connectivity index (χ1) is 43.4. The first kappa shape index (κ1) is 65.7. The molecule has 2 amide bonds. The van der Waals surface area contributed by atoms with Crippen LogP contribution in [0.1, 0.15) is 70.1 Å². The predicted molar refractivity (Wildman–Crippen MR) is 341 cm³/mol. The Morgan fingerprint density at radius 1 is 0.659 bits per heavy atom. The molecule has 9 rings (SSSR count). The summed E-state index contributed by atoms with van der Waals surface area (Å²) >= 11 is 0. The molecule has 0 spiro atoms. The average molecular weight is 1280 g/mol. The number of azo groups is 2. The van der Waals surface area contributed by atoms with Crippen LogP contribution in [0.3, 0.4) is 0 Å². The molecular weight excluding hydrogens is 1210 g/mol. The fourth-order valence-electron chi connectivity index (χ4n) is 10.3. The molecule has 1 aliphatic heterocycles. The van der Waals surface area contributed by atoms with Crippen LogP contribution in [0.2, 0.25) is 0 Å². The lowest BCUT2D eigenvalue weighted by molar-refractivity contribution is -0.154. The van der Waals surface area contributed by atoms with Crippen molar-refractivity contribution in [1.82, 2.24) is 10.6 Å². The van der Waals surface area contributed by atoms with Gasteiger partial charge in [-0.25, -0.2) is 0 Å². The summed E-state index contributed by atoms with van der Waals surface area (Å²) < 4.78 is 93.1. The van der Waals surface area contributed by atoms with E-state index in [1.165, 1.54) is 32.4 Å². The van der Waals surface area contributed by atoms with Gasteiger partial charge in [-0.1, -0.05) is 112 Å². The number of hydrogen-bond acceptors (Lipinski definition) is 19. The second kappa shape index (κ2) is 28.4. The molecule has 0 bridgehead atoms. The molecule has 91 heavy (non-hydrogen) atoms. The molecule has 0 radical (unpaired) electrons. The Bertz CT molecular complexity index is 4390. The van der Waals surface area contributed by atoms with E-state index >= 15 is 0 Å². The molecule has 23 nitrogen and oxygen atoms in total. The highest BCUT2D eigenvalue weighted by molar-refractivity contribution is 7.86. The third-order valence-electron chi connectivity index (χ3n) is 15.6. The molecule has 1 aliphatic rings. The number of nitrogens with two attached hydrogens (primary N) is 1. The quantitative estimate of drug-likeness (QED) is 0.0102. The van der Waals surface area contributed by atoms with Crippen molar-refractivity contribution in [3.05, 3.63) is 163 Å². The number of carbonyl (C=O) groups excluding carboxylic acids is 5. The van der Waals surface area contributed by atoms with Crippen molar-refractivity contribution < 1.29 is 68.9 Å². The zero-order valence-electron chi connectivity index (χ0n) is 50.2. The number of nitrogens with zero attached hydrogens (tertiary/aromatic N) is 4. The molecule has 3 atom stereocenters. The second-order valence-corrected chi connectivity index (χ2v) is 24.9. The van der Waals surface area contributed by atoms with Crippen molar-refractivity contribution in [2.24, 2.45) is 25.9 Å². The SMILES string of the molecule is CCC(C)(C)C(=O)C(=O)C1CCCC(C(=O)OC(CCc2ccc(OC)c(OC)c2)c2cccc(OCC(=O)NCC(=O)Nc3c(N=Nc4ccc(-c5ccc(N=Nc6cc(S(=O)(=O)O)c7ccccc7c6N)cc5)cc4)cc(S(=O)(=O)O)c4ccccc34)c2)N1. The van der Waals surface area contributed by atoms with E-state index in [1.54, 1.807) is 123 Å². The Morgan fingerprint density at radius 3 is 1.84 bits per heavy atom. The molecule has 0 saturated carbocycles. The van der Waals surface area contributed by atoms with Gasteiger partial charge in [0, 0.05) is 27.0 Å². The average Bonchev–Trinajstić information content (AvgIpc) is 0.842. The fraction of sp³-hybridized carbons (Fsp3) is 0.258. The van der Waals surface area contributed by atoms with Gasteiger partial charge in [-0.2, -0.15) is 27.1 Å². The zero-order chi connectivity index (χ0) is 65.2. The number of anilines is 2. The van der Waals surface area contributed by atoms with E-state index in [0.717, 1.165) is 28.8 Å². The molecule has 3 unspecified atom stereocenters. The number of aryl methyl sites for hydroxylation is 1. The van der Waals surface area contributed by atoms with Crippen molar-refractivity contribution in [2.45, 2.75) is 87.3 Å². The number of rotatable bonds is 25. The summed E-state index contributed by atoms with van der Waals surface area (Å²) in [6.45, 7) is 4.16. The van der Waals surface area contributed by atoms with Crippen molar-refractivity contribution in [3.8, 4) is 28.4 Å². The summed E-state index contributed by atoms with van der Waals surface area (Å²) in [4.78, 5) is 66.6. The van der Waals surface area contributed by atoms with Gasteiger partial charge in [0.05, 0.1) is 49.6 Å². The first-order valence-corrected chi connectivity index (χ1v) is 31.7. The molecule has 8 aromatic carbocycles. The van der Waals surface area contributed by atoms with E-state index in [9.17, 15) is 49.9 Å². The number of carbonyl (C=O) groups is 5. The molecule has 7 N–H and O–H groups in total. The number of hydrogen-bond donors (Lipinski definition) is 6. The van der Waals surface area contributed by atoms with Gasteiger partial charge in [0.1, 0.15) is 39.1 Å². The molecular formula is C66H66N8O15S2. The molecule has 1 fully saturated rings. The van der Waals surface area contributed by atoms with E-state index in [4.69, 9.17) is 24.7 Å². The van der Waals surface area contributed by atoms with Crippen LogP contribution in [0.15, 0.2) is 182 Å². The molecule has 8 aromatic rings. The first-order valence-electron chi connectivity index (χ1n) is 28.9. The van der Waals surface area contributed by atoms with Crippen LogP contribution in [0.25, 0.3) is 32.7 Å². The van der Waals surface area contributed by atoms with Gasteiger partial charge < -0.3 is 35.3 Å². The van der Waals surface area contributed by atoms with E-state index in [-0.39, 0.29) is 49.6 Å². The lowest BCUT2D eigenvalue weighted by atomic mass is 9.80. The van der Waals surface area contributed by atoms with Crippen LogP contribution in [0.5, 0.6) is 17.2 Å². The number of fused-ring (bicyclic) bond motifs is 2. The van der Waals surface area contributed by atoms with Gasteiger partial charge in [-0.3, -0.25) is 38.4 Å². The molecule has 0 aromatic heterocycles. The summed E-state index contributed by atoms with van der Waals surface area (Å²) in [6, 6.07) is 38.9. The minimum Gasteiger partial charge on any atom is -0.493 e. The zero-order valence-corrected chi connectivity index (χ0v) is 51.8. The van der Waals surface area contributed by atoms with Gasteiger partial charge in [0.25, 0.3) is 26.1 Å². The van der Waals surface area contributed by atoms with Crippen LogP contribution in [-0.4, -0.2) is 94.7 Å². The standard InChI is InChI=1S/C66H66N8O15S2/c1-6-66(2,3)64(78)63(77)50-19-12-20-51(69-50)65(79)89-54(31-21-39-22-32-55(86-4)56(33-39)87-5)42-13-11-14-45(34-42)88-38-60(76)68-37-59(75)70-62-49-18-10-8-16-47(49)58(91(83,84)85)36-53(62)74-72-44-29-25-41(26-30-44)40-23-27-43(28-24-40)71-73-52-35-57(90(80,81)82)46-15-7-9-17-48(46)61(52)67/h7-11,13-18,22-30,32-36,50-51,54,69H,6,12,19-21,31,37-38,67H2,1-5H3,(H,68,76)(H,70,75)(H,80,81,82)(H,83,84,85). The maximum Gasteiger partial charge on any atom is 0.323 e. The number of benzene rings is 8. The van der Waals surface area contributed by atoms with Gasteiger partial charge in [0.2, 0.25) is 17.5 Å². The Hall–Kier alpha value is -9.79. The number of amides is 2. The maximum absolute atomic E-state index is 14.0. The van der Waals surface area contributed by atoms with Gasteiger partial charge in [-0.05, 0) is 121 Å². The number of esters is 1. The van der Waals surface area contributed by atoms with E-state index in [1.807, 2.05) is 19.1 Å². The number of nitrogen functional groups attached to an aromatic ring is 1. The Balaban J connectivity index is 0.859. The van der Waals surface area contributed by atoms with Crippen LogP contribution < -0.4 is 35.9 Å². The van der Waals surface area contributed by atoms with Crippen molar-refractivity contribution in [2.75, 3.05) is 38.4 Å². The normalized spacial score (nSPS) is 14.9. The van der Waals surface area contributed by atoms with E-state index < -0.39 is 91.2 Å². The van der Waals surface area contributed by atoms with E-state index in [2.05, 4.69) is 36.4 Å². The highest BCUT2D eigenvalue weighted by atomic mass is 32.2. The van der Waals surface area contributed by atoms with Gasteiger partial charge >= 0.3 is 5.97 Å². The number of ketones is 2.